The molecule has 0 bridgehead atoms. The molecule has 2 rings (SSSR count). The predicted molar refractivity (Wildman–Crippen MR) is 66.0 cm³/mol. The number of nitrogens with zero attached hydrogens (tertiary/aromatic N) is 2. The second kappa shape index (κ2) is 4.92. The van der Waals surface area contributed by atoms with Crippen LogP contribution in [0.15, 0.2) is 23.2 Å². The molecule has 0 aliphatic carbocycles. The highest BCUT2D eigenvalue weighted by Gasteiger charge is 2.17. The van der Waals surface area contributed by atoms with Crippen molar-refractivity contribution < 1.29 is 14.7 Å². The number of aromatic carboxylic acids is 1. The number of hydrogen-bond donors (Lipinski definition) is 2. The van der Waals surface area contributed by atoms with Crippen molar-refractivity contribution in [3.63, 3.8) is 0 Å². The van der Waals surface area contributed by atoms with Gasteiger partial charge < -0.3 is 10.4 Å². The van der Waals surface area contributed by atoms with Crippen LogP contribution >= 0.6 is 11.3 Å². The molecule has 2 heterocycles. The van der Waals surface area contributed by atoms with Crippen LogP contribution in [0.2, 0.25) is 0 Å². The van der Waals surface area contributed by atoms with Crippen molar-refractivity contribution in [1.29, 1.82) is 0 Å². The first-order valence-electron chi connectivity index (χ1n) is 4.98. The van der Waals surface area contributed by atoms with Crippen LogP contribution in [0.1, 0.15) is 26.4 Å². The predicted octanol–water partition coefficient (Wildman–Crippen LogP) is 1.80. The molecule has 0 aliphatic heterocycles. The number of carbonyl (C=O) groups is 2. The number of carbonyl (C=O) groups excluding carboxylic acids is 1. The molecule has 0 atom stereocenters. The van der Waals surface area contributed by atoms with Crippen molar-refractivity contribution in [2.75, 3.05) is 5.32 Å². The van der Waals surface area contributed by atoms with E-state index in [2.05, 4.69) is 15.3 Å². The maximum atomic E-state index is 11.9. The number of nitrogens with one attached hydrogen (secondary N) is 1. The number of anilines is 1. The van der Waals surface area contributed by atoms with Gasteiger partial charge in [-0.05, 0) is 17.9 Å². The Balaban J connectivity index is 2.28. The first-order valence-corrected chi connectivity index (χ1v) is 5.92. The Bertz CT molecular complexity index is 609. The number of carboxylic acids is 1. The highest BCUT2D eigenvalue weighted by Crippen LogP contribution is 2.16. The Morgan fingerprint density at radius 1 is 1.28 bits per heavy atom. The molecular formula is C11H9N3O3S. The summed E-state index contributed by atoms with van der Waals surface area (Å²) in [5.41, 5.74) is 1.05. The Morgan fingerprint density at radius 2 is 2.00 bits per heavy atom. The van der Waals surface area contributed by atoms with Gasteiger partial charge in [0.15, 0.2) is 11.5 Å². The maximum absolute atomic E-state index is 11.9. The lowest BCUT2D eigenvalue weighted by molar-refractivity contribution is 0.0691. The summed E-state index contributed by atoms with van der Waals surface area (Å²) in [6, 6.07) is 0. The lowest BCUT2D eigenvalue weighted by Gasteiger charge is -2.05. The van der Waals surface area contributed by atoms with Gasteiger partial charge in [-0.25, -0.2) is 14.8 Å². The summed E-state index contributed by atoms with van der Waals surface area (Å²) in [5, 5.41) is 14.9. The molecule has 92 valence electrons. The smallest absolute Gasteiger partial charge is 0.358 e. The molecule has 0 saturated carbocycles. The second-order valence-corrected chi connectivity index (χ2v) is 4.22. The Labute approximate surface area is 106 Å². The number of rotatable bonds is 3. The highest BCUT2D eigenvalue weighted by atomic mass is 32.1. The number of aromatic nitrogens is 2. The van der Waals surface area contributed by atoms with Crippen LogP contribution in [-0.4, -0.2) is 27.0 Å². The molecule has 0 spiro atoms. The van der Waals surface area contributed by atoms with Crippen LogP contribution in [0.5, 0.6) is 0 Å². The summed E-state index contributed by atoms with van der Waals surface area (Å²) in [6.07, 6.45) is 2.58. The molecule has 7 heteroatoms. The van der Waals surface area contributed by atoms with Crippen LogP contribution in [-0.2, 0) is 0 Å². The summed E-state index contributed by atoms with van der Waals surface area (Å²) in [5.74, 6) is -1.68. The monoisotopic (exact) mass is 263 g/mol. The minimum Gasteiger partial charge on any atom is -0.476 e. The molecule has 2 aromatic heterocycles. The van der Waals surface area contributed by atoms with E-state index in [1.165, 1.54) is 23.7 Å². The largest absolute Gasteiger partial charge is 0.476 e. The standard InChI is InChI=1S/C11H9N3O3S/c1-6-4-18-5-7(6)10(15)14-9-8(11(16)17)12-2-3-13-9/h2-5H,1H3,(H,16,17)(H,13,14,15). The molecule has 0 aliphatic rings. The fourth-order valence-electron chi connectivity index (χ4n) is 1.35. The molecule has 6 nitrogen and oxygen atoms in total. The number of thiophene rings is 1. The van der Waals surface area contributed by atoms with E-state index >= 15 is 0 Å². The van der Waals surface area contributed by atoms with Crippen LogP contribution < -0.4 is 5.32 Å². The fraction of sp³-hybridized carbons (Fsp3) is 0.0909. The normalized spacial score (nSPS) is 10.1. The molecule has 2 aromatic rings. The zero-order valence-corrected chi connectivity index (χ0v) is 10.2. The second-order valence-electron chi connectivity index (χ2n) is 3.48. The van der Waals surface area contributed by atoms with Gasteiger partial charge in [-0.15, -0.1) is 0 Å². The quantitative estimate of drug-likeness (QED) is 0.880. The van der Waals surface area contributed by atoms with Gasteiger partial charge in [-0.3, -0.25) is 4.79 Å². The minimum absolute atomic E-state index is 0.0550. The third kappa shape index (κ3) is 2.35. The summed E-state index contributed by atoms with van der Waals surface area (Å²) in [6.45, 7) is 1.81. The highest BCUT2D eigenvalue weighted by molar-refractivity contribution is 7.08. The Kier molecular flexibility index (Phi) is 3.33. The zero-order valence-electron chi connectivity index (χ0n) is 9.38. The third-order valence-electron chi connectivity index (χ3n) is 2.23. The molecular weight excluding hydrogens is 254 g/mol. The number of carboxylic acid groups (broad SMARTS) is 1. The number of amides is 1. The number of hydrogen-bond acceptors (Lipinski definition) is 5. The first kappa shape index (κ1) is 12.2. The average Bonchev–Trinajstić information content (AvgIpc) is 2.76. The van der Waals surface area contributed by atoms with Gasteiger partial charge in [0.25, 0.3) is 5.91 Å². The van der Waals surface area contributed by atoms with Crippen LogP contribution in [0.3, 0.4) is 0 Å². The number of aryl methyl sites for hydroxylation is 1. The Hall–Kier alpha value is -2.28. The lowest BCUT2D eigenvalue weighted by Crippen LogP contribution is -2.17. The van der Waals surface area contributed by atoms with Crippen LogP contribution in [0.25, 0.3) is 0 Å². The summed E-state index contributed by atoms with van der Waals surface area (Å²) in [4.78, 5) is 30.3. The van der Waals surface area contributed by atoms with E-state index in [1.54, 1.807) is 12.3 Å². The first-order chi connectivity index (χ1) is 8.59. The Morgan fingerprint density at radius 3 is 2.61 bits per heavy atom. The molecule has 2 N–H and O–H groups in total. The zero-order chi connectivity index (χ0) is 13.1. The van der Waals surface area contributed by atoms with Crippen LogP contribution in [0, 0.1) is 6.92 Å². The van der Waals surface area contributed by atoms with Gasteiger partial charge in [0.2, 0.25) is 0 Å². The fourth-order valence-corrected chi connectivity index (χ4v) is 2.18. The summed E-state index contributed by atoms with van der Waals surface area (Å²) in [7, 11) is 0. The third-order valence-corrected chi connectivity index (χ3v) is 3.09. The van der Waals surface area contributed by atoms with E-state index in [1.807, 2.05) is 5.38 Å². The van der Waals surface area contributed by atoms with Crippen LogP contribution in [0.4, 0.5) is 5.82 Å². The van der Waals surface area contributed by atoms with Crippen molar-refractivity contribution in [1.82, 2.24) is 9.97 Å². The van der Waals surface area contributed by atoms with E-state index in [9.17, 15) is 9.59 Å². The topological polar surface area (TPSA) is 92.2 Å². The van der Waals surface area contributed by atoms with Gasteiger partial charge in [-0.2, -0.15) is 11.3 Å². The molecule has 18 heavy (non-hydrogen) atoms. The van der Waals surface area contributed by atoms with Crippen molar-refractivity contribution in [3.05, 3.63) is 40.0 Å². The summed E-state index contributed by atoms with van der Waals surface area (Å²) < 4.78 is 0. The van der Waals surface area contributed by atoms with Gasteiger partial charge in [0.1, 0.15) is 0 Å². The molecule has 1 amide bonds. The van der Waals surface area contributed by atoms with Crippen molar-refractivity contribution in [2.45, 2.75) is 6.92 Å². The SMILES string of the molecule is Cc1cscc1C(=O)Nc1nccnc1C(=O)O. The van der Waals surface area contributed by atoms with E-state index < -0.39 is 11.9 Å². The van der Waals surface area contributed by atoms with E-state index in [-0.39, 0.29) is 11.5 Å². The molecule has 0 radical (unpaired) electrons. The van der Waals surface area contributed by atoms with Gasteiger partial charge in [0, 0.05) is 17.8 Å². The van der Waals surface area contributed by atoms with Gasteiger partial charge in [0.05, 0.1) is 5.56 Å². The van der Waals surface area contributed by atoms with Crippen molar-refractivity contribution in [3.8, 4) is 0 Å². The van der Waals surface area contributed by atoms with E-state index in [4.69, 9.17) is 5.11 Å². The summed E-state index contributed by atoms with van der Waals surface area (Å²) >= 11 is 1.40. The van der Waals surface area contributed by atoms with E-state index in [0.29, 0.717) is 5.56 Å². The van der Waals surface area contributed by atoms with E-state index in [0.717, 1.165) is 5.56 Å². The molecule has 0 saturated heterocycles. The molecule has 0 aromatic carbocycles. The average molecular weight is 263 g/mol. The van der Waals surface area contributed by atoms with Gasteiger partial charge >= 0.3 is 5.97 Å². The maximum Gasteiger partial charge on any atom is 0.358 e. The van der Waals surface area contributed by atoms with Crippen molar-refractivity contribution >= 4 is 29.0 Å². The van der Waals surface area contributed by atoms with Gasteiger partial charge in [-0.1, -0.05) is 0 Å². The lowest BCUT2D eigenvalue weighted by atomic mass is 10.2. The molecule has 0 fully saturated rings. The molecule has 0 unspecified atom stereocenters. The minimum atomic E-state index is -1.24. The van der Waals surface area contributed by atoms with Crippen molar-refractivity contribution in [2.24, 2.45) is 0 Å².